The van der Waals surface area contributed by atoms with Crippen molar-refractivity contribution in [1.82, 2.24) is 9.78 Å². The number of anilines is 2. The summed E-state index contributed by atoms with van der Waals surface area (Å²) < 4.78 is 14.9. The Balaban J connectivity index is 1.85. The average molecular weight is 347 g/mol. The quantitative estimate of drug-likeness (QED) is 0.750. The van der Waals surface area contributed by atoms with Crippen LogP contribution >= 0.6 is 11.6 Å². The van der Waals surface area contributed by atoms with Crippen LogP contribution in [0.2, 0.25) is 5.02 Å². The van der Waals surface area contributed by atoms with Gasteiger partial charge in [-0.1, -0.05) is 11.6 Å². The fourth-order valence-corrected chi connectivity index (χ4v) is 2.65. The van der Waals surface area contributed by atoms with Gasteiger partial charge in [-0.15, -0.1) is 0 Å². The summed E-state index contributed by atoms with van der Waals surface area (Å²) in [4.78, 5) is 13.8. The van der Waals surface area contributed by atoms with Crippen LogP contribution in [-0.2, 0) is 7.05 Å². The molecule has 0 aliphatic rings. The number of fused-ring (bicyclic) bond motifs is 1. The van der Waals surface area contributed by atoms with Gasteiger partial charge in [-0.25, -0.2) is 9.18 Å². The van der Waals surface area contributed by atoms with Gasteiger partial charge in [-0.3, -0.25) is 9.58 Å². The Kier molecular flexibility index (Phi) is 4.15. The van der Waals surface area contributed by atoms with Crippen molar-refractivity contribution in [1.29, 1.82) is 0 Å². The van der Waals surface area contributed by atoms with Gasteiger partial charge in [0.2, 0.25) is 0 Å². The van der Waals surface area contributed by atoms with Crippen LogP contribution in [0.4, 0.5) is 20.6 Å². The summed E-state index contributed by atoms with van der Waals surface area (Å²) in [5.74, 6) is -0.456. The molecule has 1 heterocycles. The lowest BCUT2D eigenvalue weighted by Gasteiger charge is -2.18. The van der Waals surface area contributed by atoms with Gasteiger partial charge in [0.1, 0.15) is 5.82 Å². The first kappa shape index (κ1) is 16.3. The predicted molar refractivity (Wildman–Crippen MR) is 94.3 cm³/mol. The zero-order valence-corrected chi connectivity index (χ0v) is 14.2. The number of hydrogen-bond donors (Lipinski definition) is 1. The van der Waals surface area contributed by atoms with E-state index in [4.69, 9.17) is 11.6 Å². The summed E-state index contributed by atoms with van der Waals surface area (Å²) in [5, 5.41) is 8.27. The smallest absolute Gasteiger partial charge is 0.306 e. The third kappa shape index (κ3) is 2.92. The molecule has 3 rings (SSSR count). The van der Waals surface area contributed by atoms with Crippen LogP contribution in [0.1, 0.15) is 5.69 Å². The van der Waals surface area contributed by atoms with Crippen molar-refractivity contribution in [2.45, 2.75) is 6.92 Å². The second kappa shape index (κ2) is 6.13. The van der Waals surface area contributed by atoms with E-state index in [0.29, 0.717) is 11.4 Å². The number of rotatable bonds is 2. The number of amides is 2. The molecule has 124 valence electrons. The number of hydrogen-bond acceptors (Lipinski definition) is 2. The molecule has 0 saturated carbocycles. The van der Waals surface area contributed by atoms with Gasteiger partial charge in [0.15, 0.2) is 0 Å². The second-order valence-electron chi connectivity index (χ2n) is 5.52. The van der Waals surface area contributed by atoms with Crippen LogP contribution in [-0.4, -0.2) is 22.9 Å². The van der Waals surface area contributed by atoms with Crippen molar-refractivity contribution in [3.05, 3.63) is 52.9 Å². The normalized spacial score (nSPS) is 10.9. The molecule has 1 N–H and O–H groups in total. The molecule has 2 aromatic carbocycles. The molecule has 0 bridgehead atoms. The first-order valence-electron chi connectivity index (χ1n) is 7.30. The predicted octanol–water partition coefficient (Wildman–Crippen LogP) is 4.34. The molecular formula is C17H16ClFN4O. The van der Waals surface area contributed by atoms with Gasteiger partial charge >= 0.3 is 6.03 Å². The molecule has 3 aromatic rings. The molecule has 0 saturated heterocycles. The van der Waals surface area contributed by atoms with Crippen LogP contribution in [0.5, 0.6) is 0 Å². The molecule has 0 radical (unpaired) electrons. The maximum Gasteiger partial charge on any atom is 0.326 e. The molecule has 0 unspecified atom stereocenters. The van der Waals surface area contributed by atoms with Gasteiger partial charge in [0.05, 0.1) is 16.2 Å². The zero-order valence-electron chi connectivity index (χ0n) is 13.5. The molecule has 2 amide bonds. The largest absolute Gasteiger partial charge is 0.326 e. The SMILES string of the molecule is Cc1c2ccc(N(C)C(=O)Nc3ccc(F)cc3Cl)cc2nn1C. The number of carbonyl (C=O) groups is 1. The molecule has 0 aliphatic carbocycles. The summed E-state index contributed by atoms with van der Waals surface area (Å²) in [7, 11) is 3.52. The Hall–Kier alpha value is -2.60. The van der Waals surface area contributed by atoms with E-state index in [0.717, 1.165) is 22.7 Å². The first-order valence-corrected chi connectivity index (χ1v) is 7.67. The van der Waals surface area contributed by atoms with E-state index in [1.807, 2.05) is 32.2 Å². The van der Waals surface area contributed by atoms with Crippen LogP contribution in [0.25, 0.3) is 10.9 Å². The summed E-state index contributed by atoms with van der Waals surface area (Å²) >= 11 is 5.94. The number of urea groups is 1. The van der Waals surface area contributed by atoms with Crippen LogP contribution < -0.4 is 10.2 Å². The van der Waals surface area contributed by atoms with E-state index in [1.54, 1.807) is 11.7 Å². The molecule has 7 heteroatoms. The minimum atomic E-state index is -0.456. The van der Waals surface area contributed by atoms with Gasteiger partial charge < -0.3 is 5.32 Å². The topological polar surface area (TPSA) is 50.2 Å². The lowest BCUT2D eigenvalue weighted by Crippen LogP contribution is -2.31. The van der Waals surface area contributed by atoms with Gasteiger partial charge in [-0.2, -0.15) is 5.10 Å². The standard InChI is InChI=1S/C17H16ClFN4O/c1-10-13-6-5-12(9-16(13)21-23(10)3)22(2)17(24)20-15-7-4-11(19)8-14(15)18/h4-9H,1-3H3,(H,20,24). The van der Waals surface area contributed by atoms with Crippen molar-refractivity contribution in [2.24, 2.45) is 7.05 Å². The van der Waals surface area contributed by atoms with Gasteiger partial charge in [0.25, 0.3) is 0 Å². The van der Waals surface area contributed by atoms with E-state index >= 15 is 0 Å². The Morgan fingerprint density at radius 3 is 2.75 bits per heavy atom. The fraction of sp³-hybridized carbons (Fsp3) is 0.176. The van der Waals surface area contributed by atoms with E-state index < -0.39 is 5.82 Å². The summed E-state index contributed by atoms with van der Waals surface area (Å²) in [6, 6.07) is 9.06. The monoisotopic (exact) mass is 346 g/mol. The molecule has 24 heavy (non-hydrogen) atoms. The minimum Gasteiger partial charge on any atom is -0.306 e. The Morgan fingerprint density at radius 2 is 2.04 bits per heavy atom. The number of nitrogens with zero attached hydrogens (tertiary/aromatic N) is 3. The third-order valence-electron chi connectivity index (χ3n) is 3.98. The number of nitrogens with one attached hydrogen (secondary N) is 1. The van der Waals surface area contributed by atoms with Crippen LogP contribution in [0, 0.1) is 12.7 Å². The molecule has 1 aromatic heterocycles. The summed E-state index contributed by atoms with van der Waals surface area (Å²) in [6.45, 7) is 1.99. The van der Waals surface area contributed by atoms with E-state index in [-0.39, 0.29) is 11.1 Å². The minimum absolute atomic E-state index is 0.146. The zero-order chi connectivity index (χ0) is 17.4. The van der Waals surface area contributed by atoms with Crippen molar-refractivity contribution in [3.8, 4) is 0 Å². The van der Waals surface area contributed by atoms with Crippen molar-refractivity contribution < 1.29 is 9.18 Å². The van der Waals surface area contributed by atoms with Crippen molar-refractivity contribution in [3.63, 3.8) is 0 Å². The fourth-order valence-electron chi connectivity index (χ4n) is 2.44. The van der Waals surface area contributed by atoms with E-state index in [2.05, 4.69) is 10.4 Å². The molecule has 0 spiro atoms. The Labute approximate surface area is 143 Å². The number of benzene rings is 2. The molecule has 0 fully saturated rings. The van der Waals surface area contributed by atoms with Gasteiger partial charge in [-0.05, 0) is 43.3 Å². The number of aryl methyl sites for hydroxylation is 2. The van der Waals surface area contributed by atoms with Crippen LogP contribution in [0.3, 0.4) is 0 Å². The highest BCUT2D eigenvalue weighted by atomic mass is 35.5. The average Bonchev–Trinajstić information content (AvgIpc) is 2.83. The highest BCUT2D eigenvalue weighted by Crippen LogP contribution is 2.25. The maximum atomic E-state index is 13.1. The Bertz CT molecular complexity index is 938. The van der Waals surface area contributed by atoms with Gasteiger partial charge in [0, 0.05) is 30.9 Å². The van der Waals surface area contributed by atoms with E-state index in [1.165, 1.54) is 17.0 Å². The highest BCUT2D eigenvalue weighted by Gasteiger charge is 2.15. The first-order chi connectivity index (χ1) is 11.4. The maximum absolute atomic E-state index is 13.1. The second-order valence-corrected chi connectivity index (χ2v) is 5.93. The van der Waals surface area contributed by atoms with Crippen molar-refractivity contribution >= 4 is 39.9 Å². The van der Waals surface area contributed by atoms with E-state index in [9.17, 15) is 9.18 Å². The van der Waals surface area contributed by atoms with Crippen LogP contribution in [0.15, 0.2) is 36.4 Å². The molecular weight excluding hydrogens is 331 g/mol. The number of aromatic nitrogens is 2. The Morgan fingerprint density at radius 1 is 1.29 bits per heavy atom. The molecule has 0 aliphatic heterocycles. The summed E-state index contributed by atoms with van der Waals surface area (Å²) in [5.41, 5.74) is 2.91. The lowest BCUT2D eigenvalue weighted by molar-refractivity contribution is 0.258. The third-order valence-corrected chi connectivity index (χ3v) is 4.29. The number of halogens is 2. The molecule has 0 atom stereocenters. The highest BCUT2D eigenvalue weighted by molar-refractivity contribution is 6.33. The summed E-state index contributed by atoms with van der Waals surface area (Å²) in [6.07, 6.45) is 0. The lowest BCUT2D eigenvalue weighted by atomic mass is 10.2. The molecule has 5 nitrogen and oxygen atoms in total. The number of carbonyl (C=O) groups excluding carboxylic acids is 1. The van der Waals surface area contributed by atoms with Crippen molar-refractivity contribution in [2.75, 3.05) is 17.3 Å².